The zero-order chi connectivity index (χ0) is 34.0. The molecule has 2 aromatic rings. The van der Waals surface area contributed by atoms with Crippen molar-refractivity contribution in [3.05, 3.63) is 90.3 Å². The number of nitrogens with one attached hydrogen (secondary N) is 2. The maximum Gasteiger partial charge on any atom is 0.410 e. The standard InChI is InChI=1S/C25H32FN3O2.C5H3F3.C2H6.CH2O2/c1-4-19(3)28-25(30)29(18-17-21-10-6-7-11-23(21)26)24(27)12-8-9-20-13-15-22(16-14-20)31-5-2;1-2-3-4-5(6,7)8;1-2;2-1-3/h4,6-7,10-11,13-16,19,27H,1,5,8-9,12,17-18H2,2-3H3,(H,28,30);1,3-4H;1-2H3;1H,(H,2,3)/b;4-3+;;. The van der Waals surface area contributed by atoms with Gasteiger partial charge >= 0.3 is 12.2 Å². The fourth-order valence-corrected chi connectivity index (χ4v) is 3.28. The number of terminal acetylenes is 1. The van der Waals surface area contributed by atoms with Crippen LogP contribution in [0.1, 0.15) is 51.7 Å². The average Bonchev–Trinajstić information content (AvgIpc) is 2.99. The van der Waals surface area contributed by atoms with E-state index >= 15 is 0 Å². The Labute approximate surface area is 258 Å². The first-order valence-corrected chi connectivity index (χ1v) is 13.9. The van der Waals surface area contributed by atoms with E-state index in [-0.39, 0.29) is 42.8 Å². The molecule has 2 amide bonds. The molecule has 7 nitrogen and oxygen atoms in total. The Hall–Kier alpha value is -4.59. The van der Waals surface area contributed by atoms with Crippen molar-refractivity contribution in [3.63, 3.8) is 0 Å². The van der Waals surface area contributed by atoms with Crippen LogP contribution in [0.15, 0.2) is 73.3 Å². The molecular weight excluding hydrogens is 578 g/mol. The number of carbonyl (C=O) groups is 2. The highest BCUT2D eigenvalue weighted by Gasteiger charge is 2.21. The number of hydrogen-bond donors (Lipinski definition) is 3. The van der Waals surface area contributed by atoms with Gasteiger partial charge in [-0.05, 0) is 68.5 Å². The second-order valence-electron chi connectivity index (χ2n) is 8.49. The third-order valence-corrected chi connectivity index (χ3v) is 5.32. The molecule has 0 bridgehead atoms. The van der Waals surface area contributed by atoms with Crippen molar-refractivity contribution < 1.29 is 37.0 Å². The monoisotopic (exact) mass is 621 g/mol. The summed E-state index contributed by atoms with van der Waals surface area (Å²) in [6, 6.07) is 13.8. The zero-order valence-corrected chi connectivity index (χ0v) is 25.7. The molecule has 0 spiro atoms. The SMILES string of the molecule is C#C/C=C/C(F)(F)F.C=CC(C)NC(=O)N(CCc1ccccc1F)C(=N)CCCc1ccc(OCC)cc1.CC.O=CO. The van der Waals surface area contributed by atoms with Crippen molar-refractivity contribution >= 4 is 18.3 Å². The van der Waals surface area contributed by atoms with Gasteiger partial charge in [-0.15, -0.1) is 13.0 Å². The molecule has 0 saturated heterocycles. The number of halogens is 4. The van der Waals surface area contributed by atoms with Gasteiger partial charge in [0, 0.05) is 25.1 Å². The molecule has 0 aliphatic heterocycles. The van der Waals surface area contributed by atoms with Gasteiger partial charge in [0.1, 0.15) is 17.4 Å². The van der Waals surface area contributed by atoms with Crippen LogP contribution in [-0.4, -0.2) is 53.7 Å². The maximum absolute atomic E-state index is 14.0. The van der Waals surface area contributed by atoms with E-state index in [2.05, 4.69) is 18.3 Å². The van der Waals surface area contributed by atoms with Crippen LogP contribution < -0.4 is 10.1 Å². The van der Waals surface area contributed by atoms with E-state index in [9.17, 15) is 22.4 Å². The van der Waals surface area contributed by atoms with Crippen LogP contribution in [0.4, 0.5) is 22.4 Å². The number of aryl methyl sites for hydroxylation is 1. The summed E-state index contributed by atoms with van der Waals surface area (Å²) < 4.78 is 52.6. The van der Waals surface area contributed by atoms with Crippen molar-refractivity contribution in [1.82, 2.24) is 10.2 Å². The van der Waals surface area contributed by atoms with Crippen LogP contribution in [-0.2, 0) is 17.6 Å². The average molecular weight is 622 g/mol. The summed E-state index contributed by atoms with van der Waals surface area (Å²) in [6.45, 7) is 12.1. The fourth-order valence-electron chi connectivity index (χ4n) is 3.28. The number of urea groups is 1. The second kappa shape index (κ2) is 25.0. The number of benzene rings is 2. The van der Waals surface area contributed by atoms with Gasteiger partial charge in [-0.2, -0.15) is 13.2 Å². The largest absolute Gasteiger partial charge is 0.494 e. The Balaban J connectivity index is 0. The topological polar surface area (TPSA) is 103 Å². The summed E-state index contributed by atoms with van der Waals surface area (Å²) in [5.74, 6) is 2.48. The molecule has 0 aliphatic carbocycles. The van der Waals surface area contributed by atoms with Gasteiger partial charge in [0.2, 0.25) is 0 Å². The number of nitrogens with zero attached hydrogens (tertiary/aromatic N) is 1. The molecule has 0 heterocycles. The van der Waals surface area contributed by atoms with Crippen molar-refractivity contribution in [2.45, 2.75) is 65.6 Å². The van der Waals surface area contributed by atoms with E-state index in [0.717, 1.165) is 24.2 Å². The van der Waals surface area contributed by atoms with Crippen LogP contribution in [0, 0.1) is 23.6 Å². The highest BCUT2D eigenvalue weighted by molar-refractivity contribution is 5.96. The van der Waals surface area contributed by atoms with Crippen molar-refractivity contribution in [3.8, 4) is 18.1 Å². The number of ether oxygens (including phenoxy) is 1. The summed E-state index contributed by atoms with van der Waals surface area (Å²) in [5.41, 5.74) is 1.68. The van der Waals surface area contributed by atoms with Gasteiger partial charge in [-0.25, -0.2) is 9.18 Å². The van der Waals surface area contributed by atoms with E-state index in [1.165, 1.54) is 11.0 Å². The van der Waals surface area contributed by atoms with Crippen LogP contribution in [0.5, 0.6) is 5.75 Å². The zero-order valence-electron chi connectivity index (χ0n) is 25.7. The summed E-state index contributed by atoms with van der Waals surface area (Å²) >= 11 is 0. The first-order chi connectivity index (χ1) is 20.9. The van der Waals surface area contributed by atoms with E-state index in [4.69, 9.17) is 20.0 Å². The van der Waals surface area contributed by atoms with Crippen molar-refractivity contribution in [2.24, 2.45) is 0 Å². The van der Waals surface area contributed by atoms with Gasteiger partial charge < -0.3 is 15.2 Å². The molecule has 0 fully saturated rings. The van der Waals surface area contributed by atoms with E-state index < -0.39 is 6.18 Å². The number of amides is 2. The number of hydrogen-bond acceptors (Lipinski definition) is 4. The van der Waals surface area contributed by atoms with Crippen LogP contribution in [0.25, 0.3) is 0 Å². The highest BCUT2D eigenvalue weighted by Crippen LogP contribution is 2.16. The molecule has 11 heteroatoms. The first-order valence-electron chi connectivity index (χ1n) is 13.9. The summed E-state index contributed by atoms with van der Waals surface area (Å²) in [4.78, 5) is 22.5. The van der Waals surface area contributed by atoms with Gasteiger partial charge in [0.05, 0.1) is 6.61 Å². The molecule has 44 heavy (non-hydrogen) atoms. The fraction of sp³-hybridized carbons (Fsp3) is 0.364. The number of alkyl halides is 3. The Bertz CT molecular complexity index is 1180. The Morgan fingerprint density at radius 1 is 1.18 bits per heavy atom. The van der Waals surface area contributed by atoms with Crippen molar-refractivity contribution in [2.75, 3.05) is 13.2 Å². The molecule has 3 N–H and O–H groups in total. The lowest BCUT2D eigenvalue weighted by atomic mass is 10.1. The molecule has 2 aromatic carbocycles. The lowest BCUT2D eigenvalue weighted by Crippen LogP contribution is -2.47. The molecule has 242 valence electrons. The van der Waals surface area contributed by atoms with Crippen molar-refractivity contribution in [1.29, 1.82) is 5.41 Å². The van der Waals surface area contributed by atoms with Gasteiger partial charge in [-0.1, -0.05) is 56.2 Å². The van der Waals surface area contributed by atoms with Gasteiger partial charge in [0.25, 0.3) is 6.47 Å². The van der Waals surface area contributed by atoms with Gasteiger partial charge in [-0.3, -0.25) is 15.1 Å². The number of carboxylic acid groups (broad SMARTS) is 1. The molecular formula is C33H43F4N3O4. The molecule has 0 aromatic heterocycles. The Morgan fingerprint density at radius 2 is 1.77 bits per heavy atom. The highest BCUT2D eigenvalue weighted by atomic mass is 19.4. The molecule has 1 unspecified atom stereocenters. The van der Waals surface area contributed by atoms with Crippen LogP contribution >= 0.6 is 0 Å². The normalized spacial score (nSPS) is 10.6. The first kappa shape index (κ1) is 41.5. The van der Waals surface area contributed by atoms with Gasteiger partial charge in [0.15, 0.2) is 0 Å². The number of amidine groups is 1. The van der Waals surface area contributed by atoms with E-state index in [0.29, 0.717) is 31.1 Å². The minimum Gasteiger partial charge on any atom is -0.494 e. The van der Waals surface area contributed by atoms with Crippen LogP contribution in [0.3, 0.4) is 0 Å². The number of allylic oxidation sites excluding steroid dienone is 2. The smallest absolute Gasteiger partial charge is 0.410 e. The second-order valence-corrected chi connectivity index (χ2v) is 8.49. The summed E-state index contributed by atoms with van der Waals surface area (Å²) in [5, 5.41) is 18.2. The van der Waals surface area contributed by atoms with Crippen LogP contribution in [0.2, 0.25) is 0 Å². The summed E-state index contributed by atoms with van der Waals surface area (Å²) in [7, 11) is 0. The third-order valence-electron chi connectivity index (χ3n) is 5.32. The summed E-state index contributed by atoms with van der Waals surface area (Å²) in [6.07, 6.45) is 4.78. The molecule has 0 radical (unpaired) electrons. The molecule has 1 atom stereocenters. The molecule has 0 aliphatic rings. The minimum absolute atomic E-state index is 0.00694. The third kappa shape index (κ3) is 20.3. The quantitative estimate of drug-likeness (QED) is 0.0595. The Morgan fingerprint density at radius 3 is 2.25 bits per heavy atom. The van der Waals surface area contributed by atoms with E-state index in [1.807, 2.05) is 52.0 Å². The Kier molecular flexibility index (Phi) is 23.6. The number of rotatable bonds is 11. The lowest BCUT2D eigenvalue weighted by molar-refractivity contribution is -0.122. The maximum atomic E-state index is 14.0. The predicted molar refractivity (Wildman–Crippen MR) is 167 cm³/mol. The number of carbonyl (C=O) groups excluding carboxylic acids is 1. The molecule has 2 rings (SSSR count). The predicted octanol–water partition coefficient (Wildman–Crippen LogP) is 7.82. The minimum atomic E-state index is -4.27. The van der Waals surface area contributed by atoms with E-state index in [1.54, 1.807) is 30.2 Å². The lowest BCUT2D eigenvalue weighted by Gasteiger charge is -2.25. The molecule has 0 saturated carbocycles.